The molecular formula is C28H50O3. The molecule has 3 nitrogen and oxygen atoms in total. The van der Waals surface area contributed by atoms with Crippen molar-refractivity contribution in [1.82, 2.24) is 0 Å². The van der Waals surface area contributed by atoms with Gasteiger partial charge in [-0.05, 0) is 12.0 Å². The van der Waals surface area contributed by atoms with Gasteiger partial charge >= 0.3 is 0 Å². The van der Waals surface area contributed by atoms with Gasteiger partial charge in [0.1, 0.15) is 6.10 Å². The monoisotopic (exact) mass is 434 g/mol. The smallest absolute Gasteiger partial charge is 0.106 e. The molecular weight excluding hydrogens is 384 g/mol. The molecule has 3 atom stereocenters. The van der Waals surface area contributed by atoms with Crippen molar-refractivity contribution in [3.05, 3.63) is 35.9 Å². The largest absolute Gasteiger partial charge is 0.390 e. The van der Waals surface area contributed by atoms with Crippen LogP contribution in [0.4, 0.5) is 0 Å². The van der Waals surface area contributed by atoms with Crippen LogP contribution in [0.2, 0.25) is 0 Å². The summed E-state index contributed by atoms with van der Waals surface area (Å²) >= 11 is 0. The first-order valence-electron chi connectivity index (χ1n) is 13.2. The minimum absolute atomic E-state index is 0.373. The first kappa shape index (κ1) is 28.1. The summed E-state index contributed by atoms with van der Waals surface area (Å²) in [6.07, 6.45) is 19.3. The highest BCUT2D eigenvalue weighted by Crippen LogP contribution is 2.16. The second kappa shape index (κ2) is 19.8. The van der Waals surface area contributed by atoms with Crippen LogP contribution in [0.25, 0.3) is 0 Å². The summed E-state index contributed by atoms with van der Waals surface area (Å²) in [6, 6.07) is 9.62. The second-order valence-corrected chi connectivity index (χ2v) is 9.41. The van der Waals surface area contributed by atoms with Gasteiger partial charge in [0.05, 0.1) is 12.2 Å². The lowest BCUT2D eigenvalue weighted by Crippen LogP contribution is -2.38. The van der Waals surface area contributed by atoms with E-state index in [9.17, 15) is 15.3 Å². The van der Waals surface area contributed by atoms with Gasteiger partial charge in [-0.2, -0.15) is 0 Å². The third-order valence-corrected chi connectivity index (χ3v) is 6.43. The first-order valence-corrected chi connectivity index (χ1v) is 13.2. The average Bonchev–Trinajstić information content (AvgIpc) is 2.78. The normalized spacial score (nSPS) is 14.5. The molecule has 0 aliphatic carbocycles. The van der Waals surface area contributed by atoms with Gasteiger partial charge in [0.2, 0.25) is 0 Å². The van der Waals surface area contributed by atoms with Crippen LogP contribution in [-0.2, 0) is 6.42 Å². The van der Waals surface area contributed by atoms with Crippen molar-refractivity contribution in [2.75, 3.05) is 0 Å². The number of aliphatic hydroxyl groups excluding tert-OH is 3. The molecule has 0 saturated heterocycles. The van der Waals surface area contributed by atoms with E-state index in [1.807, 2.05) is 30.3 Å². The van der Waals surface area contributed by atoms with Gasteiger partial charge in [0, 0.05) is 6.42 Å². The molecule has 180 valence electrons. The molecule has 3 heteroatoms. The first-order chi connectivity index (χ1) is 15.1. The zero-order valence-corrected chi connectivity index (χ0v) is 20.2. The highest BCUT2D eigenvalue weighted by molar-refractivity contribution is 5.15. The lowest BCUT2D eigenvalue weighted by molar-refractivity contribution is -0.0615. The lowest BCUT2D eigenvalue weighted by Gasteiger charge is -2.23. The predicted molar refractivity (Wildman–Crippen MR) is 132 cm³/mol. The maximum Gasteiger partial charge on any atom is 0.106 e. The molecule has 3 unspecified atom stereocenters. The second-order valence-electron chi connectivity index (χ2n) is 9.41. The van der Waals surface area contributed by atoms with Gasteiger partial charge in [-0.25, -0.2) is 0 Å². The van der Waals surface area contributed by atoms with Crippen molar-refractivity contribution in [1.29, 1.82) is 0 Å². The number of hydrogen-bond donors (Lipinski definition) is 3. The maximum absolute atomic E-state index is 10.2. The van der Waals surface area contributed by atoms with E-state index in [0.717, 1.165) is 18.4 Å². The SMILES string of the molecule is CCCCCCCCCCCCCCCCCCC(O)C(O)C(O)Cc1ccccc1. The third-order valence-electron chi connectivity index (χ3n) is 6.43. The standard InChI is InChI=1S/C28H50O3/c1-2-3-4-5-6-7-8-9-10-11-12-13-14-15-16-20-23-26(29)28(31)27(30)24-25-21-18-17-19-22-25/h17-19,21-22,26-31H,2-16,20,23-24H2,1H3. The zero-order chi connectivity index (χ0) is 22.6. The zero-order valence-electron chi connectivity index (χ0n) is 20.2. The number of rotatable bonds is 21. The molecule has 1 aromatic carbocycles. The van der Waals surface area contributed by atoms with E-state index >= 15 is 0 Å². The van der Waals surface area contributed by atoms with E-state index < -0.39 is 18.3 Å². The van der Waals surface area contributed by atoms with Crippen molar-refractivity contribution in [3.63, 3.8) is 0 Å². The molecule has 0 spiro atoms. The van der Waals surface area contributed by atoms with Crippen LogP contribution in [0, 0.1) is 0 Å². The molecule has 31 heavy (non-hydrogen) atoms. The summed E-state index contributed by atoms with van der Waals surface area (Å²) < 4.78 is 0. The molecule has 0 radical (unpaired) electrons. The van der Waals surface area contributed by atoms with Crippen LogP contribution in [-0.4, -0.2) is 33.6 Å². The van der Waals surface area contributed by atoms with Crippen LogP contribution in [0.5, 0.6) is 0 Å². The molecule has 0 saturated carbocycles. The quantitative estimate of drug-likeness (QED) is 0.183. The lowest BCUT2D eigenvalue weighted by atomic mass is 9.97. The Morgan fingerprint density at radius 1 is 0.548 bits per heavy atom. The van der Waals surface area contributed by atoms with E-state index in [1.54, 1.807) is 0 Å². The molecule has 0 aliphatic heterocycles. The summed E-state index contributed by atoms with van der Waals surface area (Å²) in [5.74, 6) is 0. The molecule has 0 fully saturated rings. The van der Waals surface area contributed by atoms with Gasteiger partial charge < -0.3 is 15.3 Å². The fourth-order valence-corrected chi connectivity index (χ4v) is 4.31. The molecule has 1 aromatic rings. The van der Waals surface area contributed by atoms with Crippen LogP contribution < -0.4 is 0 Å². The molecule has 3 N–H and O–H groups in total. The van der Waals surface area contributed by atoms with Gasteiger partial charge in [-0.3, -0.25) is 0 Å². The molecule has 0 heterocycles. The van der Waals surface area contributed by atoms with Crippen LogP contribution in [0.3, 0.4) is 0 Å². The summed E-state index contributed by atoms with van der Waals surface area (Å²) in [7, 11) is 0. The van der Waals surface area contributed by atoms with E-state index in [0.29, 0.717) is 12.8 Å². The molecule has 1 rings (SSSR count). The summed E-state index contributed by atoms with van der Waals surface area (Å²) in [6.45, 7) is 2.27. The van der Waals surface area contributed by atoms with Gasteiger partial charge in [-0.15, -0.1) is 0 Å². The summed E-state index contributed by atoms with van der Waals surface area (Å²) in [5.41, 5.74) is 0.976. The van der Waals surface area contributed by atoms with E-state index in [1.165, 1.54) is 89.9 Å². The van der Waals surface area contributed by atoms with Crippen molar-refractivity contribution >= 4 is 0 Å². The van der Waals surface area contributed by atoms with E-state index in [-0.39, 0.29) is 0 Å². The highest BCUT2D eigenvalue weighted by atomic mass is 16.4. The third kappa shape index (κ3) is 15.5. The molecule has 0 aliphatic rings. The highest BCUT2D eigenvalue weighted by Gasteiger charge is 2.24. The summed E-state index contributed by atoms with van der Waals surface area (Å²) in [5, 5.41) is 30.5. The Morgan fingerprint density at radius 2 is 0.968 bits per heavy atom. The Bertz CT molecular complexity index is 490. The number of aliphatic hydroxyl groups is 3. The number of unbranched alkanes of at least 4 members (excludes halogenated alkanes) is 15. The van der Waals surface area contributed by atoms with Crippen molar-refractivity contribution in [2.24, 2.45) is 0 Å². The van der Waals surface area contributed by atoms with Crippen molar-refractivity contribution < 1.29 is 15.3 Å². The average molecular weight is 435 g/mol. The molecule has 0 bridgehead atoms. The van der Waals surface area contributed by atoms with Crippen LogP contribution in [0.1, 0.15) is 122 Å². The predicted octanol–water partition coefficient (Wildman–Crippen LogP) is 6.96. The topological polar surface area (TPSA) is 60.7 Å². The fraction of sp³-hybridized carbons (Fsp3) is 0.786. The number of hydrogen-bond acceptors (Lipinski definition) is 3. The van der Waals surface area contributed by atoms with Crippen LogP contribution in [0.15, 0.2) is 30.3 Å². The van der Waals surface area contributed by atoms with Crippen molar-refractivity contribution in [3.8, 4) is 0 Å². The number of benzene rings is 1. The van der Waals surface area contributed by atoms with Gasteiger partial charge in [0.25, 0.3) is 0 Å². The van der Waals surface area contributed by atoms with E-state index in [2.05, 4.69) is 6.92 Å². The Kier molecular flexibility index (Phi) is 17.9. The fourth-order valence-electron chi connectivity index (χ4n) is 4.31. The minimum Gasteiger partial charge on any atom is -0.390 e. The van der Waals surface area contributed by atoms with Crippen LogP contribution >= 0.6 is 0 Å². The maximum atomic E-state index is 10.2. The van der Waals surface area contributed by atoms with E-state index in [4.69, 9.17) is 0 Å². The van der Waals surface area contributed by atoms with Crippen molar-refractivity contribution in [2.45, 2.75) is 141 Å². The Hall–Kier alpha value is -0.900. The molecule has 0 aromatic heterocycles. The Balaban J connectivity index is 1.88. The van der Waals surface area contributed by atoms with Gasteiger partial charge in [0.15, 0.2) is 0 Å². The molecule has 0 amide bonds. The van der Waals surface area contributed by atoms with Gasteiger partial charge in [-0.1, -0.05) is 140 Å². The summed E-state index contributed by atoms with van der Waals surface area (Å²) in [4.78, 5) is 0. The Labute approximate surface area is 192 Å². The minimum atomic E-state index is -1.07. The Morgan fingerprint density at radius 3 is 1.42 bits per heavy atom.